The Balaban J connectivity index is 0.000000671. The van der Waals surface area contributed by atoms with Gasteiger partial charge >= 0.3 is 0 Å². The van der Waals surface area contributed by atoms with E-state index in [1.165, 1.54) is 25.9 Å². The second-order valence-electron chi connectivity index (χ2n) is 4.04. The summed E-state index contributed by atoms with van der Waals surface area (Å²) in [6.45, 7) is 9.75. The Hall–Kier alpha value is -0.0800. The lowest BCUT2D eigenvalue weighted by Gasteiger charge is -2.22. The number of methoxy groups -OCH3 is 1. The fourth-order valence-corrected chi connectivity index (χ4v) is 1.82. The van der Waals surface area contributed by atoms with Crippen LogP contribution in [0.5, 0.6) is 0 Å². The first-order valence-electron chi connectivity index (χ1n) is 5.34. The predicted molar refractivity (Wildman–Crippen MR) is 58.1 cm³/mol. The van der Waals surface area contributed by atoms with E-state index in [1.807, 2.05) is 13.8 Å². The maximum absolute atomic E-state index is 5.09. The summed E-state index contributed by atoms with van der Waals surface area (Å²) < 4.78 is 5.09. The molecule has 0 bridgehead atoms. The van der Waals surface area contributed by atoms with Gasteiger partial charge in [0, 0.05) is 20.3 Å². The van der Waals surface area contributed by atoms with Gasteiger partial charge < -0.3 is 9.64 Å². The maximum atomic E-state index is 5.09. The molecule has 0 spiro atoms. The largest absolute Gasteiger partial charge is 0.385 e. The van der Waals surface area contributed by atoms with E-state index < -0.39 is 0 Å². The van der Waals surface area contributed by atoms with Crippen molar-refractivity contribution in [1.82, 2.24) is 4.90 Å². The van der Waals surface area contributed by atoms with Gasteiger partial charge in [0.05, 0.1) is 0 Å². The molecule has 0 aromatic heterocycles. The van der Waals surface area contributed by atoms with Crippen molar-refractivity contribution in [2.75, 3.05) is 33.9 Å². The zero-order chi connectivity index (χ0) is 10.3. The summed E-state index contributed by atoms with van der Waals surface area (Å²) in [5, 5.41) is 0. The minimum atomic E-state index is 0.519. The van der Waals surface area contributed by atoms with Crippen LogP contribution in [0.3, 0.4) is 0 Å². The third kappa shape index (κ3) is 4.63. The average Bonchev–Trinajstić information content (AvgIpc) is 2.47. The second-order valence-corrected chi connectivity index (χ2v) is 4.04. The predicted octanol–water partition coefficient (Wildman–Crippen LogP) is 2.39. The Morgan fingerprint density at radius 3 is 2.38 bits per heavy atom. The molecule has 80 valence electrons. The number of hydrogen-bond donors (Lipinski definition) is 0. The van der Waals surface area contributed by atoms with E-state index in [2.05, 4.69) is 18.9 Å². The highest BCUT2D eigenvalue weighted by Gasteiger charge is 2.31. The first-order valence-corrected chi connectivity index (χ1v) is 5.34. The van der Waals surface area contributed by atoms with Gasteiger partial charge in [0.15, 0.2) is 0 Å². The summed E-state index contributed by atoms with van der Waals surface area (Å²) in [6, 6.07) is 0. The quantitative estimate of drug-likeness (QED) is 0.672. The van der Waals surface area contributed by atoms with Crippen LogP contribution in [-0.2, 0) is 4.74 Å². The maximum Gasteiger partial charge on any atom is 0.0467 e. The summed E-state index contributed by atoms with van der Waals surface area (Å²) in [7, 11) is 3.97. The molecular formula is C11H25NO. The van der Waals surface area contributed by atoms with Crippen LogP contribution in [0.4, 0.5) is 0 Å². The Bertz CT molecular complexity index is 127. The van der Waals surface area contributed by atoms with E-state index in [0.717, 1.165) is 6.61 Å². The molecule has 0 radical (unpaired) electrons. The van der Waals surface area contributed by atoms with Gasteiger partial charge in [0.25, 0.3) is 0 Å². The molecule has 1 aliphatic heterocycles. The monoisotopic (exact) mass is 187 g/mol. The van der Waals surface area contributed by atoms with Crippen LogP contribution in [-0.4, -0.2) is 38.8 Å². The fraction of sp³-hybridized carbons (Fsp3) is 1.00. The number of likely N-dealkylation sites (tertiary alicyclic amines) is 1. The SMILES string of the molecule is CC.COCCC1(C)CCN(C)C1. The normalized spacial score (nSPS) is 28.4. The van der Waals surface area contributed by atoms with Gasteiger partial charge in [0.1, 0.15) is 0 Å². The minimum Gasteiger partial charge on any atom is -0.385 e. The Kier molecular flexibility index (Phi) is 6.35. The van der Waals surface area contributed by atoms with E-state index in [0.29, 0.717) is 5.41 Å². The highest BCUT2D eigenvalue weighted by molar-refractivity contribution is 4.84. The topological polar surface area (TPSA) is 12.5 Å². The molecule has 1 unspecified atom stereocenters. The summed E-state index contributed by atoms with van der Waals surface area (Å²) in [4.78, 5) is 2.40. The van der Waals surface area contributed by atoms with Gasteiger partial charge in [-0.25, -0.2) is 0 Å². The molecule has 0 aliphatic carbocycles. The van der Waals surface area contributed by atoms with Crippen molar-refractivity contribution in [2.24, 2.45) is 5.41 Å². The van der Waals surface area contributed by atoms with Crippen LogP contribution in [0.2, 0.25) is 0 Å². The molecule has 0 amide bonds. The fourth-order valence-electron chi connectivity index (χ4n) is 1.82. The zero-order valence-electron chi connectivity index (χ0n) is 9.89. The smallest absolute Gasteiger partial charge is 0.0467 e. The highest BCUT2D eigenvalue weighted by Crippen LogP contribution is 2.32. The molecule has 1 heterocycles. The molecule has 1 rings (SSSR count). The van der Waals surface area contributed by atoms with Gasteiger partial charge in [-0.1, -0.05) is 20.8 Å². The van der Waals surface area contributed by atoms with Gasteiger partial charge in [0.2, 0.25) is 0 Å². The van der Waals surface area contributed by atoms with Gasteiger partial charge in [-0.15, -0.1) is 0 Å². The first-order chi connectivity index (χ1) is 6.16. The highest BCUT2D eigenvalue weighted by atomic mass is 16.5. The third-order valence-electron chi connectivity index (χ3n) is 2.66. The average molecular weight is 187 g/mol. The Labute approximate surface area is 83.3 Å². The molecular weight excluding hydrogens is 162 g/mol. The summed E-state index contributed by atoms with van der Waals surface area (Å²) >= 11 is 0. The number of hydrogen-bond acceptors (Lipinski definition) is 2. The Morgan fingerprint density at radius 1 is 1.38 bits per heavy atom. The van der Waals surface area contributed by atoms with Crippen molar-refractivity contribution in [2.45, 2.75) is 33.6 Å². The molecule has 2 heteroatoms. The number of nitrogens with zero attached hydrogens (tertiary/aromatic N) is 1. The molecule has 0 N–H and O–H groups in total. The number of ether oxygens (including phenoxy) is 1. The molecule has 1 saturated heterocycles. The van der Waals surface area contributed by atoms with E-state index in [9.17, 15) is 0 Å². The Morgan fingerprint density at radius 2 is 2.00 bits per heavy atom. The lowest BCUT2D eigenvalue weighted by Crippen LogP contribution is -2.23. The molecule has 13 heavy (non-hydrogen) atoms. The van der Waals surface area contributed by atoms with Crippen molar-refractivity contribution in [3.63, 3.8) is 0 Å². The molecule has 0 aromatic carbocycles. The summed E-state index contributed by atoms with van der Waals surface area (Å²) in [5.74, 6) is 0. The van der Waals surface area contributed by atoms with E-state index in [1.54, 1.807) is 7.11 Å². The van der Waals surface area contributed by atoms with Crippen molar-refractivity contribution >= 4 is 0 Å². The van der Waals surface area contributed by atoms with E-state index >= 15 is 0 Å². The van der Waals surface area contributed by atoms with E-state index in [-0.39, 0.29) is 0 Å². The standard InChI is InChI=1S/C9H19NO.C2H6/c1-9(5-7-11-3)4-6-10(2)8-9;1-2/h4-8H2,1-3H3;1-2H3. The van der Waals surface area contributed by atoms with Crippen LogP contribution < -0.4 is 0 Å². The number of rotatable bonds is 3. The second kappa shape index (κ2) is 6.39. The van der Waals surface area contributed by atoms with Crippen LogP contribution in [0, 0.1) is 5.41 Å². The summed E-state index contributed by atoms with van der Waals surface area (Å²) in [6.07, 6.45) is 2.53. The minimum absolute atomic E-state index is 0.519. The van der Waals surface area contributed by atoms with Gasteiger partial charge in [-0.2, -0.15) is 0 Å². The van der Waals surface area contributed by atoms with Crippen molar-refractivity contribution in [3.8, 4) is 0 Å². The summed E-state index contributed by atoms with van der Waals surface area (Å²) in [5.41, 5.74) is 0.519. The van der Waals surface area contributed by atoms with E-state index in [4.69, 9.17) is 4.74 Å². The van der Waals surface area contributed by atoms with Crippen molar-refractivity contribution in [1.29, 1.82) is 0 Å². The molecule has 1 fully saturated rings. The first kappa shape index (κ1) is 12.9. The lowest BCUT2D eigenvalue weighted by molar-refractivity contribution is 0.147. The third-order valence-corrected chi connectivity index (χ3v) is 2.66. The van der Waals surface area contributed by atoms with Crippen LogP contribution in [0.15, 0.2) is 0 Å². The lowest BCUT2D eigenvalue weighted by atomic mass is 9.86. The zero-order valence-corrected chi connectivity index (χ0v) is 9.89. The van der Waals surface area contributed by atoms with Crippen LogP contribution >= 0.6 is 0 Å². The van der Waals surface area contributed by atoms with Crippen molar-refractivity contribution < 1.29 is 4.74 Å². The molecule has 1 atom stereocenters. The van der Waals surface area contributed by atoms with Gasteiger partial charge in [-0.3, -0.25) is 0 Å². The molecule has 0 saturated carbocycles. The molecule has 2 nitrogen and oxygen atoms in total. The molecule has 1 aliphatic rings. The van der Waals surface area contributed by atoms with Crippen LogP contribution in [0.1, 0.15) is 33.6 Å². The van der Waals surface area contributed by atoms with Crippen molar-refractivity contribution in [3.05, 3.63) is 0 Å². The molecule has 0 aromatic rings. The van der Waals surface area contributed by atoms with Gasteiger partial charge in [-0.05, 0) is 31.8 Å². The van der Waals surface area contributed by atoms with Crippen LogP contribution in [0.25, 0.3) is 0 Å².